The molecule has 0 bridgehead atoms. The Hall–Kier alpha value is -3.98. The zero-order valence-corrected chi connectivity index (χ0v) is 18.5. The van der Waals surface area contributed by atoms with Crippen molar-refractivity contribution in [2.75, 3.05) is 6.61 Å². The molecule has 1 saturated heterocycles. The highest BCUT2D eigenvalue weighted by Crippen LogP contribution is 2.34. The van der Waals surface area contributed by atoms with Gasteiger partial charge in [-0.3, -0.25) is 9.69 Å². The van der Waals surface area contributed by atoms with Gasteiger partial charge in [0.1, 0.15) is 11.5 Å². The van der Waals surface area contributed by atoms with Gasteiger partial charge < -0.3 is 19.4 Å². The van der Waals surface area contributed by atoms with Crippen molar-refractivity contribution >= 4 is 35.1 Å². The number of hydrogen-bond donors (Lipinski definition) is 2. The van der Waals surface area contributed by atoms with E-state index in [-0.39, 0.29) is 24.0 Å². The summed E-state index contributed by atoms with van der Waals surface area (Å²) in [7, 11) is 0. The number of carbonyl (C=O) groups is 1. The zero-order chi connectivity index (χ0) is 23.2. The number of ether oxygens (including phenoxy) is 1. The SMILES string of the molecule is CCOc1cc(/C=N/N=C2\S/C(=C\c3ccc(O)cc3)C(=O)N2Cc2ccco2)ccc1O. The van der Waals surface area contributed by atoms with E-state index < -0.39 is 0 Å². The minimum Gasteiger partial charge on any atom is -0.508 e. The Labute approximate surface area is 194 Å². The van der Waals surface area contributed by atoms with Crippen molar-refractivity contribution in [1.29, 1.82) is 0 Å². The van der Waals surface area contributed by atoms with Gasteiger partial charge in [-0.25, -0.2) is 0 Å². The minimum absolute atomic E-state index is 0.0471. The van der Waals surface area contributed by atoms with E-state index in [1.54, 1.807) is 60.9 Å². The van der Waals surface area contributed by atoms with Crippen LogP contribution < -0.4 is 4.74 Å². The Morgan fingerprint density at radius 1 is 1.12 bits per heavy atom. The predicted octanol–water partition coefficient (Wildman–Crippen LogP) is 4.60. The number of phenols is 2. The molecule has 168 valence electrons. The molecule has 0 saturated carbocycles. The van der Waals surface area contributed by atoms with Crippen molar-refractivity contribution in [1.82, 2.24) is 4.90 Å². The number of benzene rings is 2. The van der Waals surface area contributed by atoms with Crippen molar-refractivity contribution in [3.8, 4) is 17.2 Å². The molecule has 0 radical (unpaired) electrons. The molecule has 9 heteroatoms. The zero-order valence-electron chi connectivity index (χ0n) is 17.7. The molecular formula is C24H21N3O5S. The fraction of sp³-hybridized carbons (Fsp3) is 0.125. The van der Waals surface area contributed by atoms with Gasteiger partial charge in [0.05, 0.1) is 30.5 Å². The Bertz CT molecular complexity index is 1220. The van der Waals surface area contributed by atoms with Crippen LogP contribution in [0, 0.1) is 0 Å². The normalized spacial score (nSPS) is 16.4. The Morgan fingerprint density at radius 2 is 1.91 bits per heavy atom. The fourth-order valence-electron chi connectivity index (χ4n) is 3.03. The number of aromatic hydroxyl groups is 2. The summed E-state index contributed by atoms with van der Waals surface area (Å²) in [5, 5.41) is 28.1. The summed E-state index contributed by atoms with van der Waals surface area (Å²) in [5.41, 5.74) is 1.46. The summed E-state index contributed by atoms with van der Waals surface area (Å²) < 4.78 is 10.8. The van der Waals surface area contributed by atoms with Crippen LogP contribution in [0.1, 0.15) is 23.8 Å². The first-order chi connectivity index (χ1) is 16.0. The fourth-order valence-corrected chi connectivity index (χ4v) is 3.96. The lowest BCUT2D eigenvalue weighted by Gasteiger charge is -2.12. The van der Waals surface area contributed by atoms with Gasteiger partial charge in [0.25, 0.3) is 5.91 Å². The van der Waals surface area contributed by atoms with Gasteiger partial charge in [0.2, 0.25) is 0 Å². The average Bonchev–Trinajstić information content (AvgIpc) is 3.42. The summed E-state index contributed by atoms with van der Waals surface area (Å²) >= 11 is 1.20. The highest BCUT2D eigenvalue weighted by Gasteiger charge is 2.34. The second-order valence-electron chi connectivity index (χ2n) is 6.96. The van der Waals surface area contributed by atoms with E-state index in [1.165, 1.54) is 28.9 Å². The Morgan fingerprint density at radius 3 is 2.64 bits per heavy atom. The van der Waals surface area contributed by atoms with Crippen molar-refractivity contribution in [2.45, 2.75) is 13.5 Å². The molecule has 1 fully saturated rings. The molecule has 3 aromatic rings. The summed E-state index contributed by atoms with van der Waals surface area (Å²) in [4.78, 5) is 15.0. The van der Waals surface area contributed by atoms with Gasteiger partial charge in [0.15, 0.2) is 16.7 Å². The number of amidine groups is 1. The van der Waals surface area contributed by atoms with Crippen LogP contribution in [-0.2, 0) is 11.3 Å². The number of thioether (sulfide) groups is 1. The third-order valence-electron chi connectivity index (χ3n) is 4.61. The molecule has 0 aliphatic carbocycles. The first-order valence-corrected chi connectivity index (χ1v) is 10.9. The predicted molar refractivity (Wildman–Crippen MR) is 127 cm³/mol. The number of nitrogens with zero attached hydrogens (tertiary/aromatic N) is 3. The number of phenolic OH excluding ortho intramolecular Hbond substituents is 2. The maximum Gasteiger partial charge on any atom is 0.267 e. The number of carbonyl (C=O) groups excluding carboxylic acids is 1. The van der Waals surface area contributed by atoms with E-state index in [0.29, 0.717) is 33.8 Å². The largest absolute Gasteiger partial charge is 0.508 e. The smallest absolute Gasteiger partial charge is 0.267 e. The van der Waals surface area contributed by atoms with Crippen molar-refractivity contribution in [3.63, 3.8) is 0 Å². The lowest BCUT2D eigenvalue weighted by atomic mass is 10.2. The second-order valence-corrected chi connectivity index (χ2v) is 7.97. The summed E-state index contributed by atoms with van der Waals surface area (Å²) in [6, 6.07) is 15.0. The highest BCUT2D eigenvalue weighted by molar-refractivity contribution is 8.18. The minimum atomic E-state index is -0.221. The molecule has 4 rings (SSSR count). The molecule has 0 atom stereocenters. The third kappa shape index (κ3) is 5.45. The van der Waals surface area contributed by atoms with Crippen LogP contribution in [-0.4, -0.2) is 39.0 Å². The molecule has 2 N–H and O–H groups in total. The molecule has 1 aromatic heterocycles. The topological polar surface area (TPSA) is 108 Å². The molecule has 1 aliphatic heterocycles. The van der Waals surface area contributed by atoms with Gasteiger partial charge in [-0.05, 0) is 78.4 Å². The molecule has 2 aromatic carbocycles. The van der Waals surface area contributed by atoms with Crippen molar-refractivity contribution in [2.24, 2.45) is 10.2 Å². The number of rotatable bonds is 7. The molecule has 1 amide bonds. The van der Waals surface area contributed by atoms with Gasteiger partial charge in [-0.1, -0.05) is 12.1 Å². The summed E-state index contributed by atoms with van der Waals surface area (Å²) in [6.45, 7) is 2.47. The molecule has 8 nitrogen and oxygen atoms in total. The van der Waals surface area contributed by atoms with Crippen LogP contribution in [0.25, 0.3) is 6.08 Å². The van der Waals surface area contributed by atoms with E-state index in [4.69, 9.17) is 9.15 Å². The molecule has 2 heterocycles. The summed E-state index contributed by atoms with van der Waals surface area (Å²) in [5.74, 6) is 0.956. The average molecular weight is 464 g/mol. The van der Waals surface area contributed by atoms with Crippen LogP contribution in [0.4, 0.5) is 0 Å². The van der Waals surface area contributed by atoms with Gasteiger partial charge in [-0.15, -0.1) is 5.10 Å². The monoisotopic (exact) mass is 463 g/mol. The highest BCUT2D eigenvalue weighted by atomic mass is 32.2. The summed E-state index contributed by atoms with van der Waals surface area (Å²) in [6.07, 6.45) is 4.81. The molecule has 33 heavy (non-hydrogen) atoms. The van der Waals surface area contributed by atoms with E-state index in [0.717, 1.165) is 5.56 Å². The number of amides is 1. The molecular weight excluding hydrogens is 442 g/mol. The lowest BCUT2D eigenvalue weighted by molar-refractivity contribution is -0.122. The van der Waals surface area contributed by atoms with Crippen LogP contribution in [0.2, 0.25) is 0 Å². The lowest BCUT2D eigenvalue weighted by Crippen LogP contribution is -2.28. The maximum absolute atomic E-state index is 13.1. The maximum atomic E-state index is 13.1. The van der Waals surface area contributed by atoms with E-state index >= 15 is 0 Å². The van der Waals surface area contributed by atoms with Gasteiger partial charge in [-0.2, -0.15) is 5.10 Å². The third-order valence-corrected chi connectivity index (χ3v) is 5.60. The van der Waals surface area contributed by atoms with Crippen LogP contribution in [0.15, 0.2) is 80.4 Å². The Balaban J connectivity index is 1.60. The second kappa shape index (κ2) is 10.1. The Kier molecular flexibility index (Phi) is 6.80. The number of furan rings is 1. The number of hydrogen-bond acceptors (Lipinski definition) is 8. The molecule has 0 spiro atoms. The van der Waals surface area contributed by atoms with Crippen LogP contribution in [0.3, 0.4) is 0 Å². The van der Waals surface area contributed by atoms with Crippen LogP contribution >= 0.6 is 11.8 Å². The van der Waals surface area contributed by atoms with Gasteiger partial charge in [0, 0.05) is 0 Å². The van der Waals surface area contributed by atoms with Crippen molar-refractivity contribution < 1.29 is 24.2 Å². The van der Waals surface area contributed by atoms with E-state index in [1.807, 2.05) is 6.92 Å². The van der Waals surface area contributed by atoms with Crippen LogP contribution in [0.5, 0.6) is 17.2 Å². The quantitative estimate of drug-likeness (QED) is 0.301. The first-order valence-electron chi connectivity index (χ1n) is 10.1. The molecule has 1 aliphatic rings. The van der Waals surface area contributed by atoms with E-state index in [9.17, 15) is 15.0 Å². The standard InChI is InChI=1S/C24H21N3O5S/c1-2-31-21-12-17(7-10-20(21)29)14-25-26-24-27(15-19-4-3-11-32-19)23(30)22(33-24)13-16-5-8-18(28)9-6-16/h3-14,28-29H,2,15H2,1H3/b22-13-,25-14+,26-24-. The van der Waals surface area contributed by atoms with E-state index in [2.05, 4.69) is 10.2 Å². The first kappa shape index (κ1) is 22.2. The van der Waals surface area contributed by atoms with Gasteiger partial charge >= 0.3 is 0 Å². The molecule has 0 unspecified atom stereocenters. The van der Waals surface area contributed by atoms with Crippen molar-refractivity contribution in [3.05, 3.63) is 82.7 Å².